The summed E-state index contributed by atoms with van der Waals surface area (Å²) in [5.41, 5.74) is 1.26. The van der Waals surface area contributed by atoms with Crippen LogP contribution in [0.5, 0.6) is 0 Å². The van der Waals surface area contributed by atoms with E-state index < -0.39 is 9.84 Å². The summed E-state index contributed by atoms with van der Waals surface area (Å²) in [5.74, 6) is -0.0912. The molecular weight excluding hydrogens is 310 g/mol. The number of anilines is 1. The summed E-state index contributed by atoms with van der Waals surface area (Å²) < 4.78 is 25.2. The molecule has 0 amide bonds. The molecule has 2 rings (SSSR count). The van der Waals surface area contributed by atoms with Crippen LogP contribution in [0.1, 0.15) is 38.1 Å². The Morgan fingerprint density at radius 1 is 0.870 bits per heavy atom. The average Bonchev–Trinajstić information content (AvgIpc) is 2.46. The Morgan fingerprint density at radius 2 is 1.30 bits per heavy atom. The molecule has 0 spiro atoms. The quantitative estimate of drug-likeness (QED) is 0.862. The Labute approximate surface area is 137 Å². The van der Waals surface area contributed by atoms with Gasteiger partial charge in [-0.3, -0.25) is 4.79 Å². The molecule has 0 unspecified atom stereocenters. The Hall–Kier alpha value is -2.14. The van der Waals surface area contributed by atoms with Crippen molar-refractivity contribution in [3.63, 3.8) is 0 Å². The van der Waals surface area contributed by atoms with Crippen LogP contribution in [-0.2, 0) is 9.84 Å². The number of hydrogen-bond donors (Lipinski definition) is 1. The number of ketones is 1. The van der Waals surface area contributed by atoms with Gasteiger partial charge in [0.05, 0.1) is 9.79 Å². The molecule has 0 bridgehead atoms. The molecule has 0 atom stereocenters. The van der Waals surface area contributed by atoms with E-state index in [0.717, 1.165) is 5.69 Å². The van der Waals surface area contributed by atoms with Crippen LogP contribution in [0.25, 0.3) is 0 Å². The third-order valence-electron chi connectivity index (χ3n) is 3.26. The molecule has 0 heterocycles. The van der Waals surface area contributed by atoms with Crippen LogP contribution in [0.15, 0.2) is 58.3 Å². The number of hydrogen-bond acceptors (Lipinski definition) is 4. The molecule has 0 saturated heterocycles. The molecule has 0 fully saturated rings. The Kier molecular flexibility index (Phi) is 4.61. The largest absolute Gasteiger partial charge is 0.380 e. The van der Waals surface area contributed by atoms with Gasteiger partial charge in [0.1, 0.15) is 0 Å². The van der Waals surface area contributed by atoms with Crippen molar-refractivity contribution >= 4 is 21.3 Å². The molecule has 2 aromatic carbocycles. The van der Waals surface area contributed by atoms with E-state index in [0.29, 0.717) is 5.56 Å². The Bertz CT molecular complexity index is 799. The summed E-state index contributed by atoms with van der Waals surface area (Å²) in [6, 6.07) is 12.7. The van der Waals surface area contributed by atoms with Crippen LogP contribution < -0.4 is 5.32 Å². The van der Waals surface area contributed by atoms with E-state index in [1.165, 1.54) is 31.2 Å². The molecule has 0 aliphatic rings. The van der Waals surface area contributed by atoms with E-state index in [-0.39, 0.29) is 21.1 Å². The zero-order valence-electron chi connectivity index (χ0n) is 13.8. The van der Waals surface area contributed by atoms with E-state index in [1.54, 1.807) is 24.3 Å². The van der Waals surface area contributed by atoms with Crippen LogP contribution in [0.3, 0.4) is 0 Å². The van der Waals surface area contributed by atoms with Crippen molar-refractivity contribution in [2.45, 2.75) is 43.0 Å². The molecule has 0 aliphatic heterocycles. The highest BCUT2D eigenvalue weighted by Gasteiger charge is 2.18. The molecular formula is C18H21NO3S. The molecule has 1 N–H and O–H groups in total. The van der Waals surface area contributed by atoms with Crippen molar-refractivity contribution < 1.29 is 13.2 Å². The summed E-state index contributed by atoms with van der Waals surface area (Å²) in [4.78, 5) is 11.7. The van der Waals surface area contributed by atoms with Gasteiger partial charge in [-0.25, -0.2) is 8.42 Å². The SMILES string of the molecule is CC(=O)c1ccc(S(=O)(=O)c2ccc(NC(C)(C)C)cc2)cc1. The number of Topliss-reactive ketones (excluding diaryl/α,β-unsaturated/α-hetero) is 1. The second kappa shape index (κ2) is 6.16. The lowest BCUT2D eigenvalue weighted by atomic mass is 10.1. The van der Waals surface area contributed by atoms with Gasteiger partial charge in [0.2, 0.25) is 9.84 Å². The van der Waals surface area contributed by atoms with Crippen molar-refractivity contribution in [3.8, 4) is 0 Å². The standard InChI is InChI=1S/C18H21NO3S/c1-13(20)14-5-9-16(10-6-14)23(21,22)17-11-7-15(8-12-17)19-18(2,3)4/h5-12,19H,1-4H3. The number of benzene rings is 2. The molecule has 122 valence electrons. The maximum Gasteiger partial charge on any atom is 0.206 e. The maximum atomic E-state index is 12.6. The van der Waals surface area contributed by atoms with Crippen LogP contribution in [-0.4, -0.2) is 19.7 Å². The summed E-state index contributed by atoms with van der Waals surface area (Å²) >= 11 is 0. The molecule has 0 saturated carbocycles. The van der Waals surface area contributed by atoms with Gasteiger partial charge in [0, 0.05) is 16.8 Å². The second-order valence-corrected chi connectivity index (χ2v) is 8.43. The van der Waals surface area contributed by atoms with Crippen LogP contribution in [0.2, 0.25) is 0 Å². The summed E-state index contributed by atoms with van der Waals surface area (Å²) in [7, 11) is -3.58. The normalized spacial score (nSPS) is 12.0. The Morgan fingerprint density at radius 3 is 1.70 bits per heavy atom. The fourth-order valence-electron chi connectivity index (χ4n) is 2.16. The van der Waals surface area contributed by atoms with Gasteiger partial charge in [0.25, 0.3) is 0 Å². The third kappa shape index (κ3) is 4.20. The number of carbonyl (C=O) groups excluding carboxylic acids is 1. The number of sulfone groups is 1. The first kappa shape index (κ1) is 17.2. The predicted octanol–water partition coefficient (Wildman–Crippen LogP) is 3.93. The van der Waals surface area contributed by atoms with Crippen molar-refractivity contribution in [3.05, 3.63) is 54.1 Å². The molecule has 23 heavy (non-hydrogen) atoms. The van der Waals surface area contributed by atoms with E-state index in [2.05, 4.69) is 5.32 Å². The van der Waals surface area contributed by atoms with Gasteiger partial charge in [0.15, 0.2) is 5.78 Å². The van der Waals surface area contributed by atoms with Crippen molar-refractivity contribution in [2.24, 2.45) is 0 Å². The molecule has 2 aromatic rings. The molecule has 0 aliphatic carbocycles. The summed E-state index contributed by atoms with van der Waals surface area (Å²) in [5, 5.41) is 3.29. The van der Waals surface area contributed by atoms with Gasteiger partial charge < -0.3 is 5.32 Å². The zero-order chi connectivity index (χ0) is 17.3. The highest BCUT2D eigenvalue weighted by Crippen LogP contribution is 2.24. The minimum atomic E-state index is -3.58. The van der Waals surface area contributed by atoms with Gasteiger partial charge in [-0.2, -0.15) is 0 Å². The monoisotopic (exact) mass is 331 g/mol. The first-order valence-electron chi connectivity index (χ1n) is 7.34. The first-order chi connectivity index (χ1) is 10.6. The zero-order valence-corrected chi connectivity index (χ0v) is 14.6. The highest BCUT2D eigenvalue weighted by atomic mass is 32.2. The van der Waals surface area contributed by atoms with Gasteiger partial charge in [-0.1, -0.05) is 12.1 Å². The van der Waals surface area contributed by atoms with Gasteiger partial charge >= 0.3 is 0 Å². The van der Waals surface area contributed by atoms with E-state index in [9.17, 15) is 13.2 Å². The van der Waals surface area contributed by atoms with Crippen molar-refractivity contribution in [1.29, 1.82) is 0 Å². The average molecular weight is 331 g/mol. The lowest BCUT2D eigenvalue weighted by Crippen LogP contribution is -2.25. The van der Waals surface area contributed by atoms with E-state index in [4.69, 9.17) is 0 Å². The van der Waals surface area contributed by atoms with Gasteiger partial charge in [-0.15, -0.1) is 0 Å². The summed E-state index contributed by atoms with van der Waals surface area (Å²) in [6.07, 6.45) is 0. The predicted molar refractivity (Wildman–Crippen MR) is 91.7 cm³/mol. The Balaban J connectivity index is 2.30. The lowest BCUT2D eigenvalue weighted by Gasteiger charge is -2.22. The minimum Gasteiger partial charge on any atom is -0.380 e. The van der Waals surface area contributed by atoms with E-state index >= 15 is 0 Å². The third-order valence-corrected chi connectivity index (χ3v) is 5.04. The lowest BCUT2D eigenvalue weighted by molar-refractivity contribution is 0.101. The van der Waals surface area contributed by atoms with Crippen LogP contribution >= 0.6 is 0 Å². The molecule has 5 heteroatoms. The summed E-state index contributed by atoms with van der Waals surface area (Å²) in [6.45, 7) is 7.56. The topological polar surface area (TPSA) is 63.2 Å². The van der Waals surface area contributed by atoms with Crippen LogP contribution in [0.4, 0.5) is 5.69 Å². The highest BCUT2D eigenvalue weighted by molar-refractivity contribution is 7.91. The second-order valence-electron chi connectivity index (χ2n) is 6.48. The first-order valence-corrected chi connectivity index (χ1v) is 8.82. The number of rotatable bonds is 4. The number of carbonyl (C=O) groups is 1. The van der Waals surface area contributed by atoms with Crippen molar-refractivity contribution in [1.82, 2.24) is 0 Å². The minimum absolute atomic E-state index is 0.0912. The molecule has 0 radical (unpaired) electrons. The van der Waals surface area contributed by atoms with Crippen molar-refractivity contribution in [2.75, 3.05) is 5.32 Å². The van der Waals surface area contributed by atoms with E-state index in [1.807, 2.05) is 20.8 Å². The molecule has 0 aromatic heterocycles. The fourth-order valence-corrected chi connectivity index (χ4v) is 3.42. The van der Waals surface area contributed by atoms with Crippen LogP contribution in [0, 0.1) is 0 Å². The fraction of sp³-hybridized carbons (Fsp3) is 0.278. The smallest absolute Gasteiger partial charge is 0.206 e. The number of nitrogens with one attached hydrogen (secondary N) is 1. The molecule has 4 nitrogen and oxygen atoms in total. The maximum absolute atomic E-state index is 12.6. The van der Waals surface area contributed by atoms with Gasteiger partial charge in [-0.05, 0) is 64.1 Å².